The zero-order chi connectivity index (χ0) is 47.9. The van der Waals surface area contributed by atoms with Crippen molar-refractivity contribution in [3.63, 3.8) is 0 Å². The van der Waals surface area contributed by atoms with E-state index < -0.39 is 23.8 Å². The maximum Gasteiger partial charge on any atom is 0.419 e. The van der Waals surface area contributed by atoms with Crippen molar-refractivity contribution in [2.24, 2.45) is 33.9 Å². The number of aryl methyl sites for hydroxylation is 4. The lowest BCUT2D eigenvalue weighted by Gasteiger charge is -2.12. The van der Waals surface area contributed by atoms with E-state index in [1.165, 1.54) is 70.7 Å². The number of aromatic nitrogens is 10. The third-order valence-corrected chi connectivity index (χ3v) is 11.1. The molecule has 2 aliphatic rings. The first-order chi connectivity index (χ1) is 32.0. The van der Waals surface area contributed by atoms with Crippen molar-refractivity contribution in [3.8, 4) is 0 Å². The lowest BCUT2D eigenvalue weighted by molar-refractivity contribution is 0.101. The maximum absolute atomic E-state index is 13.4. The molecule has 0 radical (unpaired) electrons. The lowest BCUT2D eigenvalue weighted by Crippen LogP contribution is -2.27. The summed E-state index contributed by atoms with van der Waals surface area (Å²) in [6.07, 6.45) is 13.0. The fraction of sp³-hybridized carbons (Fsp3) is 0.295. The van der Waals surface area contributed by atoms with Gasteiger partial charge in [-0.3, -0.25) is 19.0 Å². The van der Waals surface area contributed by atoms with Crippen LogP contribution in [-0.2, 0) is 63.7 Å². The molecular formula is C44H48Cl2F2N14O6. The number of carbonyl (C=O) groups is 4. The van der Waals surface area contributed by atoms with Gasteiger partial charge in [0, 0.05) is 70.4 Å². The third-order valence-electron chi connectivity index (χ3n) is 10.5. The number of rotatable bonds is 9. The number of nitrogens with two attached hydrogens (primary N) is 1. The van der Waals surface area contributed by atoms with E-state index in [4.69, 9.17) is 38.4 Å². The number of ether oxygens (including phenoxy) is 2. The van der Waals surface area contributed by atoms with E-state index in [1.54, 1.807) is 41.3 Å². The molecule has 2 atom stereocenters. The molecule has 0 aliphatic heterocycles. The molecule has 2 aliphatic carbocycles. The molecule has 7 aromatic rings. The van der Waals surface area contributed by atoms with Gasteiger partial charge in [-0.15, -0.1) is 0 Å². The van der Waals surface area contributed by atoms with Gasteiger partial charge in [0.2, 0.25) is 0 Å². The average Bonchev–Trinajstić information content (AvgIpc) is 4.17. The summed E-state index contributed by atoms with van der Waals surface area (Å²) in [5.74, 6) is -0.777. The quantitative estimate of drug-likeness (QED) is 0.115. The van der Waals surface area contributed by atoms with Crippen LogP contribution in [0, 0.1) is 11.6 Å². The molecule has 5 N–H and O–H groups in total. The highest BCUT2D eigenvalue weighted by molar-refractivity contribution is 6.31. The maximum atomic E-state index is 13.4. The minimum absolute atomic E-state index is 0. The monoisotopic (exact) mass is 976 g/mol. The topological polar surface area (TPSA) is 238 Å². The van der Waals surface area contributed by atoms with Crippen LogP contribution in [0.1, 0.15) is 87.2 Å². The van der Waals surface area contributed by atoms with E-state index in [1.807, 2.05) is 19.4 Å². The molecule has 0 spiro atoms. The van der Waals surface area contributed by atoms with Gasteiger partial charge in [-0.2, -0.15) is 10.2 Å². The number of fused-ring (bicyclic) bond motifs is 2. The summed E-state index contributed by atoms with van der Waals surface area (Å²) in [6, 6.07) is 7.81. The zero-order valence-corrected chi connectivity index (χ0v) is 37.9. The Balaban J connectivity index is 0.000000178. The number of anilines is 2. The first-order valence-corrected chi connectivity index (χ1v) is 21.2. The highest BCUT2D eigenvalue weighted by Crippen LogP contribution is 2.36. The Hall–Kier alpha value is -7.43. The smallest absolute Gasteiger partial charge is 0.419 e. The molecule has 0 fully saturated rings. The molecule has 5 heterocycles. The van der Waals surface area contributed by atoms with Crippen LogP contribution in [0.5, 0.6) is 0 Å². The van der Waals surface area contributed by atoms with E-state index in [2.05, 4.69) is 41.1 Å². The van der Waals surface area contributed by atoms with Gasteiger partial charge in [-0.25, -0.2) is 37.9 Å². The van der Waals surface area contributed by atoms with Crippen molar-refractivity contribution >= 4 is 58.6 Å². The van der Waals surface area contributed by atoms with Crippen LogP contribution >= 0.6 is 23.2 Å². The SMILES string of the molecule is C.Cn1cc2c(c1C(=O)Nc1ccc(F)c(Cl)c1)CCC2N.Cn1cnc(COC(=O)NC2CCc3c2cn(C)c3C(=O)Nc2ccc(F)c(Cl)c2)n1.Cn1cnc(COC(=O)n2ccnc2)n1. The van der Waals surface area contributed by atoms with E-state index in [0.29, 0.717) is 47.3 Å². The summed E-state index contributed by atoms with van der Waals surface area (Å²) in [5.41, 5.74) is 11.7. The van der Waals surface area contributed by atoms with Crippen LogP contribution in [-0.4, -0.2) is 72.2 Å². The van der Waals surface area contributed by atoms with Crippen LogP contribution < -0.4 is 21.7 Å². The Kier molecular flexibility index (Phi) is 16.1. The van der Waals surface area contributed by atoms with Gasteiger partial charge in [-0.05, 0) is 84.3 Å². The van der Waals surface area contributed by atoms with Gasteiger partial charge in [0.1, 0.15) is 42.0 Å². The zero-order valence-electron chi connectivity index (χ0n) is 36.4. The molecule has 5 aromatic heterocycles. The number of halogens is 4. The van der Waals surface area contributed by atoms with E-state index in [9.17, 15) is 28.0 Å². The van der Waals surface area contributed by atoms with Crippen LogP contribution in [0.4, 0.5) is 29.7 Å². The van der Waals surface area contributed by atoms with E-state index in [0.717, 1.165) is 35.1 Å². The van der Waals surface area contributed by atoms with Gasteiger partial charge in [0.15, 0.2) is 24.9 Å². The molecule has 9 rings (SSSR count). The minimum Gasteiger partial charge on any atom is -0.441 e. The Labute approximate surface area is 398 Å². The van der Waals surface area contributed by atoms with Gasteiger partial charge >= 0.3 is 12.2 Å². The first kappa shape index (κ1) is 50.0. The molecule has 24 heteroatoms. The van der Waals surface area contributed by atoms with E-state index in [-0.39, 0.29) is 54.6 Å². The fourth-order valence-corrected chi connectivity index (χ4v) is 7.86. The van der Waals surface area contributed by atoms with Crippen molar-refractivity contribution in [3.05, 3.63) is 147 Å². The molecule has 0 saturated heterocycles. The molecule has 3 amide bonds. The third kappa shape index (κ3) is 11.9. The van der Waals surface area contributed by atoms with Gasteiger partial charge in [0.05, 0.1) is 16.1 Å². The van der Waals surface area contributed by atoms with Crippen LogP contribution in [0.25, 0.3) is 0 Å². The van der Waals surface area contributed by atoms with Crippen molar-refractivity contribution in [2.75, 3.05) is 10.6 Å². The molecule has 2 unspecified atom stereocenters. The lowest BCUT2D eigenvalue weighted by atomic mass is 10.1. The standard InChI is InChI=1S/C20H20ClFN6O3.C15H15ClFN3O.C8H9N5O2.CH4/c1-27-8-13-12(18(27)19(29)24-11-3-5-15(22)14(21)7-11)4-6-16(13)25-20(30)31-9-17-23-10-28(2)26-17;1-20-7-10-9(3-5-13(10)18)14(20)15(21)19-8-2-4-12(17)11(16)6-8;1-12-6-10-7(11-12)4-15-8(14)13-3-2-9-5-13;/h3,5,7-8,10,16H,4,6,9H2,1-2H3,(H,24,29)(H,25,30);2,4,6-7,13H,3,5,18H2,1H3,(H,19,21);2-3,5-6H,4H2,1H3;1H4. The molecule has 2 aromatic carbocycles. The number of imidazole rings is 1. The van der Waals surface area contributed by atoms with E-state index >= 15 is 0 Å². The molecule has 358 valence electrons. The van der Waals surface area contributed by atoms with Crippen molar-refractivity contribution < 1.29 is 37.4 Å². The normalized spacial score (nSPS) is 14.2. The van der Waals surface area contributed by atoms with Crippen molar-refractivity contribution in [2.45, 2.75) is 58.4 Å². The van der Waals surface area contributed by atoms with Crippen LogP contribution in [0.3, 0.4) is 0 Å². The number of hydrogen-bond donors (Lipinski definition) is 4. The summed E-state index contributed by atoms with van der Waals surface area (Å²) in [6.45, 7) is 0.0206. The highest BCUT2D eigenvalue weighted by atomic mass is 35.5. The number of alkyl carbamates (subject to hydrolysis) is 1. The van der Waals surface area contributed by atoms with Gasteiger partial charge < -0.3 is 40.3 Å². The Morgan fingerprint density at radius 1 is 0.750 bits per heavy atom. The second kappa shape index (κ2) is 21.9. The molecule has 20 nitrogen and oxygen atoms in total. The second-order valence-electron chi connectivity index (χ2n) is 15.4. The Bertz CT molecular complexity index is 2930. The highest BCUT2D eigenvalue weighted by Gasteiger charge is 2.32. The number of hydrogen-bond acceptors (Lipinski definition) is 12. The molecule has 68 heavy (non-hydrogen) atoms. The van der Waals surface area contributed by atoms with Crippen LogP contribution in [0.2, 0.25) is 10.0 Å². The van der Waals surface area contributed by atoms with Crippen molar-refractivity contribution in [1.82, 2.24) is 53.5 Å². The largest absolute Gasteiger partial charge is 0.441 e. The second-order valence-corrected chi connectivity index (χ2v) is 16.2. The van der Waals surface area contributed by atoms with Gasteiger partial charge in [-0.1, -0.05) is 30.6 Å². The minimum atomic E-state index is -0.582. The number of amides is 3. The number of nitrogens with one attached hydrogen (secondary N) is 3. The summed E-state index contributed by atoms with van der Waals surface area (Å²) in [7, 11) is 7.04. The van der Waals surface area contributed by atoms with Crippen LogP contribution in [0.15, 0.2) is 80.2 Å². The summed E-state index contributed by atoms with van der Waals surface area (Å²) in [4.78, 5) is 60.5. The number of carbonyl (C=O) groups excluding carboxylic acids is 4. The average molecular weight is 978 g/mol. The Morgan fingerprint density at radius 3 is 1.76 bits per heavy atom. The summed E-state index contributed by atoms with van der Waals surface area (Å²) in [5, 5.41) is 16.2. The van der Waals surface area contributed by atoms with Gasteiger partial charge in [0.25, 0.3) is 11.8 Å². The fourth-order valence-electron chi connectivity index (χ4n) is 7.50. The number of benzene rings is 2. The predicted molar refractivity (Wildman–Crippen MR) is 246 cm³/mol. The molecule has 0 bridgehead atoms. The van der Waals surface area contributed by atoms with Crippen molar-refractivity contribution in [1.29, 1.82) is 0 Å². The molecule has 0 saturated carbocycles. The predicted octanol–water partition coefficient (Wildman–Crippen LogP) is 6.96. The summed E-state index contributed by atoms with van der Waals surface area (Å²) < 4.78 is 44.4. The number of nitrogens with zero attached hydrogens (tertiary/aromatic N) is 10. The Morgan fingerprint density at radius 2 is 1.26 bits per heavy atom. The molecular weight excluding hydrogens is 929 g/mol. The summed E-state index contributed by atoms with van der Waals surface area (Å²) >= 11 is 11.5. The first-order valence-electron chi connectivity index (χ1n) is 20.5.